The first-order valence-electron chi connectivity index (χ1n) is 4.70. The van der Waals surface area contributed by atoms with E-state index in [1.165, 1.54) is 16.7 Å². The highest BCUT2D eigenvalue weighted by Gasteiger charge is 2.02. The van der Waals surface area contributed by atoms with Gasteiger partial charge >= 0.3 is 0 Å². The van der Waals surface area contributed by atoms with Crippen LogP contribution in [0.3, 0.4) is 0 Å². The Morgan fingerprint density at radius 1 is 1.00 bits per heavy atom. The van der Waals surface area contributed by atoms with Gasteiger partial charge in [-0.1, -0.05) is 32.0 Å². The summed E-state index contributed by atoms with van der Waals surface area (Å²) in [6, 6.07) is 6.39. The molecule has 13 heavy (non-hydrogen) atoms. The van der Waals surface area contributed by atoms with Crippen molar-refractivity contribution in [3.8, 4) is 0 Å². The van der Waals surface area contributed by atoms with Gasteiger partial charge in [0.2, 0.25) is 0 Å². The lowest BCUT2D eigenvalue weighted by Crippen LogP contribution is -2.03. The summed E-state index contributed by atoms with van der Waals surface area (Å²) in [5.74, 6) is 0.539. The van der Waals surface area contributed by atoms with E-state index < -0.39 is 0 Å². The van der Waals surface area contributed by atoms with Gasteiger partial charge in [-0.3, -0.25) is 0 Å². The van der Waals surface area contributed by atoms with Crippen LogP contribution in [0.25, 0.3) is 0 Å². The standard InChI is InChI=1S/C11H18N2/c1-8(2)11-4-9(6-12)3-10(5-11)7-13/h3-5,8H,6-7,12-13H2,1-2H3. The zero-order chi connectivity index (χ0) is 9.84. The Kier molecular flexibility index (Phi) is 3.46. The Morgan fingerprint density at radius 2 is 1.46 bits per heavy atom. The molecule has 0 unspecified atom stereocenters. The molecule has 0 aromatic heterocycles. The maximum Gasteiger partial charge on any atom is 0.0178 e. The van der Waals surface area contributed by atoms with Crippen molar-refractivity contribution in [2.45, 2.75) is 32.9 Å². The predicted molar refractivity (Wildman–Crippen MR) is 56.3 cm³/mol. The zero-order valence-corrected chi connectivity index (χ0v) is 8.38. The first-order chi connectivity index (χ1) is 6.17. The second-order valence-electron chi connectivity index (χ2n) is 3.65. The minimum absolute atomic E-state index is 0.539. The Balaban J connectivity index is 3.07. The van der Waals surface area contributed by atoms with E-state index in [2.05, 4.69) is 32.0 Å². The molecule has 0 aliphatic rings. The molecule has 0 saturated carbocycles. The maximum atomic E-state index is 5.60. The summed E-state index contributed by atoms with van der Waals surface area (Å²) in [5.41, 5.74) is 14.9. The largest absolute Gasteiger partial charge is 0.326 e. The summed E-state index contributed by atoms with van der Waals surface area (Å²) in [6.45, 7) is 5.53. The molecular formula is C11H18N2. The van der Waals surface area contributed by atoms with Gasteiger partial charge in [0, 0.05) is 13.1 Å². The lowest BCUT2D eigenvalue weighted by atomic mass is 9.98. The van der Waals surface area contributed by atoms with Gasteiger partial charge in [-0.25, -0.2) is 0 Å². The van der Waals surface area contributed by atoms with Gasteiger partial charge in [-0.15, -0.1) is 0 Å². The second-order valence-corrected chi connectivity index (χ2v) is 3.65. The molecule has 72 valence electrons. The van der Waals surface area contributed by atoms with E-state index in [1.807, 2.05) is 0 Å². The van der Waals surface area contributed by atoms with Crippen LogP contribution in [0.1, 0.15) is 36.5 Å². The van der Waals surface area contributed by atoms with Crippen LogP contribution >= 0.6 is 0 Å². The first-order valence-corrected chi connectivity index (χ1v) is 4.70. The molecule has 0 spiro atoms. The Hall–Kier alpha value is -0.860. The molecule has 1 rings (SSSR count). The summed E-state index contributed by atoms with van der Waals surface area (Å²) in [7, 11) is 0. The van der Waals surface area contributed by atoms with Crippen LogP contribution in [0.15, 0.2) is 18.2 Å². The third-order valence-corrected chi connectivity index (χ3v) is 2.21. The molecule has 0 aliphatic carbocycles. The van der Waals surface area contributed by atoms with E-state index in [0.29, 0.717) is 19.0 Å². The Morgan fingerprint density at radius 3 is 1.77 bits per heavy atom. The van der Waals surface area contributed by atoms with Crippen LogP contribution in [0.2, 0.25) is 0 Å². The second kappa shape index (κ2) is 4.40. The van der Waals surface area contributed by atoms with E-state index in [-0.39, 0.29) is 0 Å². The third kappa shape index (κ3) is 2.54. The molecule has 0 heterocycles. The third-order valence-electron chi connectivity index (χ3n) is 2.21. The van der Waals surface area contributed by atoms with Gasteiger partial charge < -0.3 is 11.5 Å². The van der Waals surface area contributed by atoms with Crippen molar-refractivity contribution in [3.05, 3.63) is 34.9 Å². The fourth-order valence-corrected chi connectivity index (χ4v) is 1.36. The molecule has 0 bridgehead atoms. The van der Waals surface area contributed by atoms with Crippen LogP contribution in [-0.2, 0) is 13.1 Å². The SMILES string of the molecule is CC(C)c1cc(CN)cc(CN)c1. The number of rotatable bonds is 3. The number of hydrogen-bond acceptors (Lipinski definition) is 2. The van der Waals surface area contributed by atoms with Crippen molar-refractivity contribution in [1.82, 2.24) is 0 Å². The number of hydrogen-bond donors (Lipinski definition) is 2. The smallest absolute Gasteiger partial charge is 0.0178 e. The van der Waals surface area contributed by atoms with Gasteiger partial charge in [0.1, 0.15) is 0 Å². The molecule has 4 N–H and O–H groups in total. The van der Waals surface area contributed by atoms with Crippen LogP contribution < -0.4 is 11.5 Å². The van der Waals surface area contributed by atoms with E-state index in [4.69, 9.17) is 11.5 Å². The summed E-state index contributed by atoms with van der Waals surface area (Å²) in [5, 5.41) is 0. The fourth-order valence-electron chi connectivity index (χ4n) is 1.36. The topological polar surface area (TPSA) is 52.0 Å². The normalized spacial score (nSPS) is 10.8. The molecule has 0 radical (unpaired) electrons. The Bertz CT molecular complexity index is 257. The molecule has 0 atom stereocenters. The van der Waals surface area contributed by atoms with Crippen LogP contribution in [0.4, 0.5) is 0 Å². The monoisotopic (exact) mass is 178 g/mol. The van der Waals surface area contributed by atoms with Crippen molar-refractivity contribution >= 4 is 0 Å². The minimum atomic E-state index is 0.539. The van der Waals surface area contributed by atoms with Gasteiger partial charge in [-0.2, -0.15) is 0 Å². The van der Waals surface area contributed by atoms with Gasteiger partial charge in [-0.05, 0) is 22.6 Å². The minimum Gasteiger partial charge on any atom is -0.326 e. The molecular weight excluding hydrogens is 160 g/mol. The van der Waals surface area contributed by atoms with Crippen molar-refractivity contribution in [2.75, 3.05) is 0 Å². The molecule has 0 aliphatic heterocycles. The molecule has 0 fully saturated rings. The molecule has 0 saturated heterocycles. The predicted octanol–water partition coefficient (Wildman–Crippen LogP) is 1.73. The number of nitrogens with two attached hydrogens (primary N) is 2. The van der Waals surface area contributed by atoms with E-state index >= 15 is 0 Å². The highest BCUT2D eigenvalue weighted by atomic mass is 14.5. The van der Waals surface area contributed by atoms with Gasteiger partial charge in [0.15, 0.2) is 0 Å². The summed E-state index contributed by atoms with van der Waals surface area (Å²) >= 11 is 0. The van der Waals surface area contributed by atoms with Crippen LogP contribution in [0.5, 0.6) is 0 Å². The van der Waals surface area contributed by atoms with E-state index in [0.717, 1.165) is 0 Å². The average Bonchev–Trinajstić information content (AvgIpc) is 2.16. The van der Waals surface area contributed by atoms with Crippen molar-refractivity contribution in [3.63, 3.8) is 0 Å². The summed E-state index contributed by atoms with van der Waals surface area (Å²) < 4.78 is 0. The fraction of sp³-hybridized carbons (Fsp3) is 0.455. The average molecular weight is 178 g/mol. The van der Waals surface area contributed by atoms with Gasteiger partial charge in [0.05, 0.1) is 0 Å². The zero-order valence-electron chi connectivity index (χ0n) is 8.38. The molecule has 1 aromatic carbocycles. The first kappa shape index (κ1) is 10.2. The van der Waals surface area contributed by atoms with E-state index in [1.54, 1.807) is 0 Å². The summed E-state index contributed by atoms with van der Waals surface area (Å²) in [4.78, 5) is 0. The van der Waals surface area contributed by atoms with Crippen LogP contribution in [-0.4, -0.2) is 0 Å². The lowest BCUT2D eigenvalue weighted by Gasteiger charge is -2.10. The molecule has 2 heteroatoms. The highest BCUT2D eigenvalue weighted by molar-refractivity contribution is 5.31. The quantitative estimate of drug-likeness (QED) is 0.740. The van der Waals surface area contributed by atoms with Crippen molar-refractivity contribution in [1.29, 1.82) is 0 Å². The lowest BCUT2D eigenvalue weighted by molar-refractivity contribution is 0.854. The Labute approximate surface area is 79.9 Å². The molecule has 1 aromatic rings. The van der Waals surface area contributed by atoms with Crippen LogP contribution in [0, 0.1) is 0 Å². The van der Waals surface area contributed by atoms with Crippen molar-refractivity contribution < 1.29 is 0 Å². The molecule has 2 nitrogen and oxygen atoms in total. The highest BCUT2D eigenvalue weighted by Crippen LogP contribution is 2.18. The summed E-state index contributed by atoms with van der Waals surface area (Å²) in [6.07, 6.45) is 0. The molecule has 0 amide bonds. The van der Waals surface area contributed by atoms with E-state index in [9.17, 15) is 0 Å². The van der Waals surface area contributed by atoms with Crippen molar-refractivity contribution in [2.24, 2.45) is 11.5 Å². The number of benzene rings is 1. The maximum absolute atomic E-state index is 5.60. The van der Waals surface area contributed by atoms with Gasteiger partial charge in [0.25, 0.3) is 0 Å².